The normalized spacial score (nSPS) is 15.8. The number of hydrogen-bond acceptors (Lipinski definition) is 10. The van der Waals surface area contributed by atoms with Gasteiger partial charge < -0.3 is 35.2 Å². The fraction of sp³-hybridized carbons (Fsp3) is 0.389. The summed E-state index contributed by atoms with van der Waals surface area (Å²) in [6.07, 6.45) is 12.6. The maximum atomic E-state index is 15.0. The van der Waals surface area contributed by atoms with E-state index >= 15 is 0 Å². The molecule has 2 amide bonds. The van der Waals surface area contributed by atoms with E-state index in [9.17, 15) is 31.1 Å². The number of allylic oxidation sites excluding steroid dienone is 2. The van der Waals surface area contributed by atoms with Gasteiger partial charge in [0, 0.05) is 96.3 Å². The standard InChI is InChI=1S/C27H29F3N6O2.C20H22FN5O.C7H10F2.ClH/c1-17-10-22(28)24(33-26(37)36-5-4-20(16-36)27(2,29)30)13-21(17)18-11-23(19-14-31-34(3)15-19)32-25(12-18)35-6-8-38-9-7-35;1-13-7-17(21)18(22)10-16(13)14-8-19(15-11-23-25(2)12-15)24-20(9-14)26-3-5-27-6-4-26;1-7(8,9)6-4-2-3-5-6;/h4,10-15H,5-9,16H2,1-3H3,(H,33,37);7-12H,3-6,22H2,1-2H3;4H,2-3,5H2,1H3;1H. The van der Waals surface area contributed by atoms with Crippen molar-refractivity contribution in [2.45, 2.75) is 58.8 Å². The van der Waals surface area contributed by atoms with Crippen LogP contribution in [0.15, 0.2) is 96.6 Å². The Kier molecular flexibility index (Phi) is 17.7. The summed E-state index contributed by atoms with van der Waals surface area (Å²) in [7, 11) is 3.71. The van der Waals surface area contributed by atoms with Gasteiger partial charge in [-0.2, -0.15) is 10.2 Å². The number of nitrogens with one attached hydrogen (secondary N) is 1. The molecule has 3 N–H and O–H groups in total. The molecule has 0 bridgehead atoms. The monoisotopic (exact) mass is 1060 g/mol. The van der Waals surface area contributed by atoms with Gasteiger partial charge in [0.15, 0.2) is 0 Å². The number of aromatic nitrogens is 6. The van der Waals surface area contributed by atoms with Crippen LogP contribution in [-0.4, -0.2) is 118 Å². The lowest BCUT2D eigenvalue weighted by Gasteiger charge is -2.28. The van der Waals surface area contributed by atoms with Crippen LogP contribution in [0.1, 0.15) is 44.2 Å². The third-order valence-corrected chi connectivity index (χ3v) is 13.2. The summed E-state index contributed by atoms with van der Waals surface area (Å²) < 4.78 is 95.2. The zero-order valence-electron chi connectivity index (χ0n) is 42.8. The first-order chi connectivity index (χ1) is 35.2. The maximum absolute atomic E-state index is 15.0. The van der Waals surface area contributed by atoms with Crippen LogP contribution >= 0.6 is 12.4 Å². The molecule has 21 heteroatoms. The summed E-state index contributed by atoms with van der Waals surface area (Å²) in [5, 5.41) is 11.1. The second kappa shape index (κ2) is 23.8. The lowest BCUT2D eigenvalue weighted by Crippen LogP contribution is -2.36. The van der Waals surface area contributed by atoms with Gasteiger partial charge in [-0.05, 0) is 121 Å². The van der Waals surface area contributed by atoms with E-state index in [1.807, 2.05) is 57.7 Å². The number of rotatable bonds is 9. The van der Waals surface area contributed by atoms with Gasteiger partial charge in [0.2, 0.25) is 0 Å². The number of morpholine rings is 2. The molecule has 2 aromatic carbocycles. The number of benzene rings is 2. The number of nitrogens with zero attached hydrogens (tertiary/aromatic N) is 9. The summed E-state index contributed by atoms with van der Waals surface area (Å²) in [4.78, 5) is 28.1. The number of nitrogens with two attached hydrogens (primary N) is 1. The molecule has 0 atom stereocenters. The zero-order chi connectivity index (χ0) is 52.9. The minimum Gasteiger partial charge on any atom is -0.396 e. The second-order valence-electron chi connectivity index (χ2n) is 19.0. The van der Waals surface area contributed by atoms with Crippen LogP contribution in [0.3, 0.4) is 0 Å². The number of carbonyl (C=O) groups excluding carboxylic acids is 1. The molecule has 14 nitrogen and oxygen atoms in total. The number of amides is 2. The molecule has 10 rings (SSSR count). The zero-order valence-corrected chi connectivity index (χ0v) is 43.6. The van der Waals surface area contributed by atoms with E-state index < -0.39 is 29.5 Å². The first-order valence-corrected chi connectivity index (χ1v) is 24.4. The fourth-order valence-corrected chi connectivity index (χ4v) is 9.03. The Bertz CT molecular complexity index is 3050. The highest BCUT2D eigenvalue weighted by Gasteiger charge is 2.34. The van der Waals surface area contributed by atoms with Gasteiger partial charge in [0.25, 0.3) is 11.8 Å². The van der Waals surface area contributed by atoms with E-state index in [4.69, 9.17) is 25.2 Å². The largest absolute Gasteiger partial charge is 0.396 e. The number of ether oxygens (including phenoxy) is 2. The van der Waals surface area contributed by atoms with Crippen LogP contribution in [0.25, 0.3) is 44.8 Å². The van der Waals surface area contributed by atoms with Crippen LogP contribution in [0.2, 0.25) is 0 Å². The summed E-state index contributed by atoms with van der Waals surface area (Å²) in [5.41, 5.74) is 14.3. The smallest absolute Gasteiger partial charge is 0.322 e. The number of urea groups is 1. The molecule has 6 aromatic rings. The van der Waals surface area contributed by atoms with Gasteiger partial charge in [0.05, 0.1) is 61.6 Å². The SMILES string of the molecule is CC(F)(F)C1=CCCC1.Cc1cc(F)c(N)cc1-c1cc(-c2cnn(C)c2)nc(N2CCOCC2)c1.Cc1cc(F)c(NC(=O)N2CC=C(C(C)(F)F)C2)cc1-c1cc(-c2cnn(C)c2)nc(N2CCOCC2)c1.Cl. The van der Waals surface area contributed by atoms with Crippen molar-refractivity contribution in [3.8, 4) is 44.8 Å². The van der Waals surface area contributed by atoms with Crippen LogP contribution in [0.4, 0.5) is 54.1 Å². The Hall–Kier alpha value is -6.90. The Morgan fingerprint density at radius 2 is 1.16 bits per heavy atom. The summed E-state index contributed by atoms with van der Waals surface area (Å²) >= 11 is 0. The van der Waals surface area contributed by atoms with Gasteiger partial charge in [-0.25, -0.2) is 41.1 Å². The van der Waals surface area contributed by atoms with Gasteiger partial charge in [-0.3, -0.25) is 9.36 Å². The number of carbonyl (C=O) groups is 1. The molecule has 1 aliphatic carbocycles. The predicted octanol–water partition coefficient (Wildman–Crippen LogP) is 11.1. The lowest BCUT2D eigenvalue weighted by molar-refractivity contribution is 0.0597. The van der Waals surface area contributed by atoms with Gasteiger partial charge in [-0.1, -0.05) is 12.2 Å². The lowest BCUT2D eigenvalue weighted by atomic mass is 9.98. The molecule has 0 radical (unpaired) electrons. The first kappa shape index (κ1) is 55.8. The Balaban J connectivity index is 0.000000192. The maximum Gasteiger partial charge on any atom is 0.322 e. The first-order valence-electron chi connectivity index (χ1n) is 24.4. The van der Waals surface area contributed by atoms with Crippen LogP contribution < -0.4 is 20.9 Å². The second-order valence-corrected chi connectivity index (χ2v) is 19.0. The molecule has 2 fully saturated rings. The number of halogens is 7. The highest BCUT2D eigenvalue weighted by molar-refractivity contribution is 5.91. The molecule has 0 unspecified atom stereocenters. The van der Waals surface area contributed by atoms with Crippen molar-refractivity contribution in [2.24, 2.45) is 14.1 Å². The molecule has 7 heterocycles. The average Bonchev–Trinajstić information content (AvgIpc) is 4.24. The Morgan fingerprint density at radius 3 is 1.59 bits per heavy atom. The highest BCUT2D eigenvalue weighted by atomic mass is 35.5. The van der Waals surface area contributed by atoms with Crippen molar-refractivity contribution in [3.05, 3.63) is 119 Å². The quantitative estimate of drug-likeness (QED) is 0.0815. The van der Waals surface area contributed by atoms with E-state index in [2.05, 4.69) is 25.3 Å². The Labute approximate surface area is 438 Å². The van der Waals surface area contributed by atoms with E-state index in [-0.39, 0.29) is 42.4 Å². The molecule has 400 valence electrons. The number of hydrogen-bond donors (Lipinski definition) is 2. The number of nitrogen functional groups attached to an aromatic ring is 1. The molecule has 75 heavy (non-hydrogen) atoms. The third kappa shape index (κ3) is 13.9. The number of anilines is 4. The van der Waals surface area contributed by atoms with Gasteiger partial charge in [0.1, 0.15) is 23.3 Å². The molecule has 0 spiro atoms. The molecular formula is C54H62ClF6N11O3. The summed E-state index contributed by atoms with van der Waals surface area (Å²) in [6, 6.07) is 13.3. The summed E-state index contributed by atoms with van der Waals surface area (Å²) in [6.45, 7) is 10.8. The molecule has 2 saturated heterocycles. The van der Waals surface area contributed by atoms with Crippen molar-refractivity contribution in [1.29, 1.82) is 0 Å². The van der Waals surface area contributed by atoms with Gasteiger partial charge >= 0.3 is 6.03 Å². The average molecular weight is 1060 g/mol. The minimum atomic E-state index is -3.01. The molecule has 3 aliphatic heterocycles. The van der Waals surface area contributed by atoms with E-state index in [1.165, 1.54) is 23.1 Å². The number of aryl methyl sites for hydroxylation is 4. The number of alkyl halides is 4. The van der Waals surface area contributed by atoms with Crippen molar-refractivity contribution in [3.63, 3.8) is 0 Å². The van der Waals surface area contributed by atoms with Crippen molar-refractivity contribution < 1.29 is 40.6 Å². The Morgan fingerprint density at radius 1 is 0.667 bits per heavy atom. The van der Waals surface area contributed by atoms with Crippen LogP contribution in [0, 0.1) is 25.5 Å². The van der Waals surface area contributed by atoms with Crippen LogP contribution in [-0.2, 0) is 23.6 Å². The third-order valence-electron chi connectivity index (χ3n) is 13.2. The summed E-state index contributed by atoms with van der Waals surface area (Å²) in [5.74, 6) is -4.94. The molecule has 0 saturated carbocycles. The van der Waals surface area contributed by atoms with E-state index in [1.54, 1.807) is 46.9 Å². The minimum absolute atomic E-state index is 0. The fourth-order valence-electron chi connectivity index (χ4n) is 9.03. The van der Waals surface area contributed by atoms with Crippen molar-refractivity contribution in [2.75, 3.05) is 86.5 Å². The van der Waals surface area contributed by atoms with Gasteiger partial charge in [-0.15, -0.1) is 12.4 Å². The number of pyridine rings is 2. The predicted molar refractivity (Wildman–Crippen MR) is 283 cm³/mol. The van der Waals surface area contributed by atoms with Crippen molar-refractivity contribution in [1.82, 2.24) is 34.4 Å². The highest BCUT2D eigenvalue weighted by Crippen LogP contribution is 2.37. The van der Waals surface area contributed by atoms with E-state index in [0.717, 1.165) is 90.5 Å². The molecule has 4 aliphatic rings. The topological polar surface area (TPSA) is 145 Å². The molecule has 4 aromatic heterocycles. The van der Waals surface area contributed by atoms with E-state index in [0.29, 0.717) is 68.3 Å². The molecular weight excluding hydrogens is 1000 g/mol. The van der Waals surface area contributed by atoms with Crippen LogP contribution in [0.5, 0.6) is 0 Å². The van der Waals surface area contributed by atoms with Crippen molar-refractivity contribution >= 4 is 41.4 Å².